The van der Waals surface area contributed by atoms with Gasteiger partial charge < -0.3 is 24.8 Å². The molecule has 0 radical (unpaired) electrons. The van der Waals surface area contributed by atoms with E-state index in [1.807, 2.05) is 0 Å². The van der Waals surface area contributed by atoms with Gasteiger partial charge in [0, 0.05) is 6.07 Å². The zero-order chi connectivity index (χ0) is 21.0. The van der Waals surface area contributed by atoms with Gasteiger partial charge in [0.1, 0.15) is 23.0 Å². The lowest BCUT2D eigenvalue weighted by atomic mass is 10.2. The molecule has 0 fully saturated rings. The molecule has 3 aromatic rings. The predicted molar refractivity (Wildman–Crippen MR) is 100 cm³/mol. The van der Waals surface area contributed by atoms with E-state index in [0.29, 0.717) is 0 Å². The average Bonchev–Trinajstić information content (AvgIpc) is 2.68. The molecule has 8 heteroatoms. The van der Waals surface area contributed by atoms with Crippen molar-refractivity contribution in [3.8, 4) is 23.0 Å². The van der Waals surface area contributed by atoms with Gasteiger partial charge >= 0.3 is 17.9 Å². The van der Waals surface area contributed by atoms with Crippen LogP contribution in [0.2, 0.25) is 0 Å². The highest BCUT2D eigenvalue weighted by Gasteiger charge is 2.12. The van der Waals surface area contributed by atoms with Crippen molar-refractivity contribution in [3.63, 3.8) is 0 Å². The molecule has 0 unspecified atom stereocenters. The molecule has 0 saturated carbocycles. The third kappa shape index (κ3) is 4.89. The summed E-state index contributed by atoms with van der Waals surface area (Å²) in [7, 11) is 0. The zero-order valence-corrected chi connectivity index (χ0v) is 14.7. The fourth-order valence-electron chi connectivity index (χ4n) is 2.47. The van der Waals surface area contributed by atoms with Gasteiger partial charge in [0.15, 0.2) is 0 Å². The number of rotatable bonds is 7. The normalized spacial score (nSPS) is 10.2. The molecule has 29 heavy (non-hydrogen) atoms. The third-order valence-electron chi connectivity index (χ3n) is 3.76. The first kappa shape index (κ1) is 19.4. The summed E-state index contributed by atoms with van der Waals surface area (Å²) in [5, 5.41) is 27.5. The van der Waals surface area contributed by atoms with E-state index in [0.717, 1.165) is 0 Å². The molecule has 3 rings (SSSR count). The Hall–Kier alpha value is -4.33. The van der Waals surface area contributed by atoms with E-state index < -0.39 is 17.9 Å². The second kappa shape index (κ2) is 8.13. The van der Waals surface area contributed by atoms with Crippen LogP contribution in [0.25, 0.3) is 0 Å². The van der Waals surface area contributed by atoms with Crippen molar-refractivity contribution in [3.05, 3.63) is 83.4 Å². The van der Waals surface area contributed by atoms with Crippen LogP contribution in [0.3, 0.4) is 0 Å². The van der Waals surface area contributed by atoms with Crippen LogP contribution in [0.4, 0.5) is 0 Å². The highest BCUT2D eigenvalue weighted by Crippen LogP contribution is 2.31. The Morgan fingerprint density at radius 1 is 0.517 bits per heavy atom. The summed E-state index contributed by atoms with van der Waals surface area (Å²) in [6.07, 6.45) is 0. The van der Waals surface area contributed by atoms with Crippen LogP contribution in [0.1, 0.15) is 31.1 Å². The summed E-state index contributed by atoms with van der Waals surface area (Å²) in [5.41, 5.74) is -0.0982. The Morgan fingerprint density at radius 2 is 0.897 bits per heavy atom. The number of ether oxygens (including phenoxy) is 2. The molecule has 0 atom stereocenters. The monoisotopic (exact) mass is 394 g/mol. The van der Waals surface area contributed by atoms with Crippen LogP contribution >= 0.6 is 0 Å². The number of hydrogen-bond acceptors (Lipinski definition) is 5. The van der Waals surface area contributed by atoms with Crippen molar-refractivity contribution in [2.24, 2.45) is 0 Å². The van der Waals surface area contributed by atoms with E-state index in [4.69, 9.17) is 19.7 Å². The van der Waals surface area contributed by atoms with Gasteiger partial charge in [-0.2, -0.15) is 0 Å². The summed E-state index contributed by atoms with van der Waals surface area (Å²) in [6, 6.07) is 15.4. The van der Waals surface area contributed by atoms with Crippen LogP contribution in [0.5, 0.6) is 23.0 Å². The Bertz CT molecular complexity index is 1030. The van der Waals surface area contributed by atoms with Gasteiger partial charge in [0.2, 0.25) is 0 Å². The lowest BCUT2D eigenvalue weighted by Gasteiger charge is -2.11. The lowest BCUT2D eigenvalue weighted by Crippen LogP contribution is -2.00. The van der Waals surface area contributed by atoms with Crippen LogP contribution in [0, 0.1) is 0 Å². The number of carboxylic acid groups (broad SMARTS) is 3. The molecule has 0 aliphatic heterocycles. The zero-order valence-electron chi connectivity index (χ0n) is 14.7. The smallest absolute Gasteiger partial charge is 0.335 e. The van der Waals surface area contributed by atoms with Gasteiger partial charge in [0.25, 0.3) is 0 Å². The highest BCUT2D eigenvalue weighted by molar-refractivity contribution is 5.89. The summed E-state index contributed by atoms with van der Waals surface area (Å²) < 4.78 is 11.2. The standard InChI is InChI=1S/C21H14O8/c22-19(23)12-3-1-5-15(7-12)28-17-9-14(21(26)27)10-18(11-17)29-16-6-2-4-13(8-16)20(24)25/h1-11H,(H,22,23)(H,24,25)(H,26,27). The molecule has 0 spiro atoms. The van der Waals surface area contributed by atoms with Gasteiger partial charge in [-0.25, -0.2) is 14.4 Å². The first-order valence-corrected chi connectivity index (χ1v) is 8.22. The van der Waals surface area contributed by atoms with Crippen molar-refractivity contribution in [1.82, 2.24) is 0 Å². The van der Waals surface area contributed by atoms with Crippen molar-refractivity contribution < 1.29 is 39.2 Å². The van der Waals surface area contributed by atoms with E-state index in [1.165, 1.54) is 66.7 Å². The van der Waals surface area contributed by atoms with Crippen LogP contribution < -0.4 is 9.47 Å². The van der Waals surface area contributed by atoms with Gasteiger partial charge in [0.05, 0.1) is 16.7 Å². The van der Waals surface area contributed by atoms with Gasteiger partial charge in [-0.1, -0.05) is 12.1 Å². The van der Waals surface area contributed by atoms with Crippen molar-refractivity contribution >= 4 is 17.9 Å². The number of hydrogen-bond donors (Lipinski definition) is 3. The molecule has 146 valence electrons. The molecule has 0 saturated heterocycles. The first-order valence-electron chi connectivity index (χ1n) is 8.22. The molecule has 0 amide bonds. The number of carboxylic acids is 3. The summed E-state index contributed by atoms with van der Waals surface area (Å²) >= 11 is 0. The van der Waals surface area contributed by atoms with Crippen molar-refractivity contribution in [2.45, 2.75) is 0 Å². The molecule has 0 bridgehead atoms. The Kier molecular flexibility index (Phi) is 5.45. The largest absolute Gasteiger partial charge is 0.478 e. The molecule has 3 aromatic carbocycles. The average molecular weight is 394 g/mol. The van der Waals surface area contributed by atoms with Gasteiger partial charge in [-0.3, -0.25) is 0 Å². The number of benzene rings is 3. The topological polar surface area (TPSA) is 130 Å². The maximum atomic E-state index is 11.4. The predicted octanol–water partition coefficient (Wildman–Crippen LogP) is 4.37. The Morgan fingerprint density at radius 3 is 1.28 bits per heavy atom. The molecule has 8 nitrogen and oxygen atoms in total. The summed E-state index contributed by atoms with van der Waals surface area (Å²) in [5.74, 6) is -2.86. The van der Waals surface area contributed by atoms with Crippen LogP contribution in [-0.2, 0) is 0 Å². The quantitative estimate of drug-likeness (QED) is 0.539. The second-order valence-corrected chi connectivity index (χ2v) is 5.87. The maximum absolute atomic E-state index is 11.4. The van der Waals surface area contributed by atoms with E-state index in [9.17, 15) is 19.5 Å². The summed E-state index contributed by atoms with van der Waals surface area (Å²) in [6.45, 7) is 0. The molecule has 0 heterocycles. The van der Waals surface area contributed by atoms with E-state index in [1.54, 1.807) is 0 Å². The minimum Gasteiger partial charge on any atom is -0.478 e. The minimum absolute atomic E-state index is 0.0128. The Balaban J connectivity index is 1.93. The fraction of sp³-hybridized carbons (Fsp3) is 0. The molecular weight excluding hydrogens is 380 g/mol. The molecule has 0 aliphatic carbocycles. The third-order valence-corrected chi connectivity index (χ3v) is 3.76. The van der Waals surface area contributed by atoms with Crippen molar-refractivity contribution in [2.75, 3.05) is 0 Å². The number of carbonyl (C=O) groups is 3. The van der Waals surface area contributed by atoms with Gasteiger partial charge in [-0.15, -0.1) is 0 Å². The fourth-order valence-corrected chi connectivity index (χ4v) is 2.47. The van der Waals surface area contributed by atoms with E-state index in [-0.39, 0.29) is 39.7 Å². The molecule has 0 aromatic heterocycles. The molecule has 3 N–H and O–H groups in total. The van der Waals surface area contributed by atoms with Crippen LogP contribution in [0.15, 0.2) is 66.7 Å². The molecular formula is C21H14O8. The number of aromatic carboxylic acids is 3. The Labute approximate surface area is 164 Å². The van der Waals surface area contributed by atoms with Gasteiger partial charge in [-0.05, 0) is 48.5 Å². The maximum Gasteiger partial charge on any atom is 0.335 e. The minimum atomic E-state index is -1.22. The second-order valence-electron chi connectivity index (χ2n) is 5.87. The molecule has 0 aliphatic rings. The van der Waals surface area contributed by atoms with E-state index >= 15 is 0 Å². The first-order chi connectivity index (χ1) is 13.8. The highest BCUT2D eigenvalue weighted by atomic mass is 16.5. The SMILES string of the molecule is O=C(O)c1cccc(Oc2cc(Oc3cccc(C(=O)O)c3)cc(C(=O)O)c2)c1. The summed E-state index contributed by atoms with van der Waals surface area (Å²) in [4.78, 5) is 33.6. The van der Waals surface area contributed by atoms with Crippen LogP contribution in [-0.4, -0.2) is 33.2 Å². The lowest BCUT2D eigenvalue weighted by molar-refractivity contribution is 0.0686. The van der Waals surface area contributed by atoms with E-state index in [2.05, 4.69) is 0 Å². The van der Waals surface area contributed by atoms with Crippen molar-refractivity contribution in [1.29, 1.82) is 0 Å².